The highest BCUT2D eigenvalue weighted by molar-refractivity contribution is 5.67. The van der Waals surface area contributed by atoms with Gasteiger partial charge in [0.25, 0.3) is 0 Å². The van der Waals surface area contributed by atoms with Gasteiger partial charge in [-0.05, 0) is 24.1 Å². The molecule has 0 heterocycles. The molecule has 1 aromatic carbocycles. The smallest absolute Gasteiger partial charge is 0.125 e. The second kappa shape index (κ2) is 6.09. The molecule has 0 spiro atoms. The Morgan fingerprint density at radius 2 is 2.18 bits per heavy atom. The number of hydrogen-bond donors (Lipinski definition) is 1. The predicted octanol–water partition coefficient (Wildman–Crippen LogP) is 2.78. The monoisotopic (exact) mass is 235 g/mol. The lowest BCUT2D eigenvalue weighted by atomic mass is 10.1. The summed E-state index contributed by atoms with van der Waals surface area (Å²) < 4.78 is 13.0. The van der Waals surface area contributed by atoms with Crippen LogP contribution in [0, 0.1) is 23.1 Å². The van der Waals surface area contributed by atoms with Gasteiger partial charge in [0.1, 0.15) is 5.82 Å². The Bertz CT molecular complexity index is 410. The fraction of sp³-hybridized carbons (Fsp3) is 0.462. The van der Waals surface area contributed by atoms with Crippen LogP contribution in [-0.4, -0.2) is 13.1 Å². The van der Waals surface area contributed by atoms with Gasteiger partial charge in [-0.25, -0.2) is 4.39 Å². The summed E-state index contributed by atoms with van der Waals surface area (Å²) >= 11 is 0. The van der Waals surface area contributed by atoms with Crippen molar-refractivity contribution in [1.29, 1.82) is 5.26 Å². The fourth-order valence-electron chi connectivity index (χ4n) is 1.75. The number of anilines is 2. The van der Waals surface area contributed by atoms with Gasteiger partial charge < -0.3 is 10.6 Å². The number of nitrogen functional groups attached to an aromatic ring is 1. The van der Waals surface area contributed by atoms with Crippen LogP contribution < -0.4 is 10.6 Å². The van der Waals surface area contributed by atoms with Crippen LogP contribution in [0.3, 0.4) is 0 Å². The van der Waals surface area contributed by atoms with Crippen LogP contribution in [0.5, 0.6) is 0 Å². The summed E-state index contributed by atoms with van der Waals surface area (Å²) in [6.07, 6.45) is 0.434. The number of halogens is 1. The van der Waals surface area contributed by atoms with Crippen LogP contribution in [0.2, 0.25) is 0 Å². The molecule has 17 heavy (non-hydrogen) atoms. The molecule has 0 atom stereocenters. The summed E-state index contributed by atoms with van der Waals surface area (Å²) in [6.45, 7) is 5.61. The highest BCUT2D eigenvalue weighted by Gasteiger charge is 2.11. The molecule has 1 aromatic rings. The standard InChI is InChI=1S/C13H18FN3/c1-10(2)9-17(7-3-6-15)13-5-4-11(14)8-12(13)16/h4-5,8,10H,3,7,9,16H2,1-2H3. The van der Waals surface area contributed by atoms with Gasteiger partial charge >= 0.3 is 0 Å². The molecule has 0 saturated carbocycles. The molecule has 0 bridgehead atoms. The first kappa shape index (κ1) is 13.3. The third-order valence-corrected chi connectivity index (χ3v) is 2.41. The van der Waals surface area contributed by atoms with E-state index in [0.29, 0.717) is 24.6 Å². The highest BCUT2D eigenvalue weighted by atomic mass is 19.1. The van der Waals surface area contributed by atoms with E-state index in [4.69, 9.17) is 11.0 Å². The van der Waals surface area contributed by atoms with Crippen molar-refractivity contribution in [3.8, 4) is 6.07 Å². The Morgan fingerprint density at radius 3 is 2.71 bits per heavy atom. The van der Waals surface area contributed by atoms with Crippen molar-refractivity contribution in [1.82, 2.24) is 0 Å². The zero-order chi connectivity index (χ0) is 12.8. The molecule has 0 aliphatic heterocycles. The maximum atomic E-state index is 13.0. The summed E-state index contributed by atoms with van der Waals surface area (Å²) in [7, 11) is 0. The normalized spacial score (nSPS) is 10.3. The Balaban J connectivity index is 2.91. The molecule has 0 amide bonds. The Morgan fingerprint density at radius 1 is 1.47 bits per heavy atom. The van der Waals surface area contributed by atoms with Crippen LogP contribution >= 0.6 is 0 Å². The van der Waals surface area contributed by atoms with E-state index in [2.05, 4.69) is 19.9 Å². The molecule has 1 rings (SSSR count). The molecule has 2 N–H and O–H groups in total. The molecule has 0 aromatic heterocycles. The minimum absolute atomic E-state index is 0.337. The van der Waals surface area contributed by atoms with Crippen molar-refractivity contribution in [2.75, 3.05) is 23.7 Å². The highest BCUT2D eigenvalue weighted by Crippen LogP contribution is 2.24. The van der Waals surface area contributed by atoms with E-state index in [1.165, 1.54) is 12.1 Å². The number of benzene rings is 1. The molecule has 0 saturated heterocycles. The van der Waals surface area contributed by atoms with Gasteiger partial charge in [-0.15, -0.1) is 0 Å². The average molecular weight is 235 g/mol. The van der Waals surface area contributed by atoms with Crippen LogP contribution in [0.1, 0.15) is 20.3 Å². The van der Waals surface area contributed by atoms with E-state index >= 15 is 0 Å². The predicted molar refractivity (Wildman–Crippen MR) is 68.1 cm³/mol. The Labute approximate surface area is 102 Å². The minimum atomic E-state index is -0.337. The Hall–Kier alpha value is -1.76. The van der Waals surface area contributed by atoms with Gasteiger partial charge in [-0.1, -0.05) is 13.8 Å². The van der Waals surface area contributed by atoms with Crippen molar-refractivity contribution in [2.45, 2.75) is 20.3 Å². The summed E-state index contributed by atoms with van der Waals surface area (Å²) in [6, 6.07) is 6.50. The third kappa shape index (κ3) is 3.95. The number of nitrogens with two attached hydrogens (primary N) is 1. The van der Waals surface area contributed by atoms with Crippen LogP contribution in [0.25, 0.3) is 0 Å². The van der Waals surface area contributed by atoms with Crippen LogP contribution in [0.4, 0.5) is 15.8 Å². The van der Waals surface area contributed by atoms with Crippen molar-refractivity contribution >= 4 is 11.4 Å². The van der Waals surface area contributed by atoms with Gasteiger partial charge in [0, 0.05) is 13.1 Å². The lowest BCUT2D eigenvalue weighted by molar-refractivity contribution is 0.609. The van der Waals surface area contributed by atoms with Crippen LogP contribution in [-0.2, 0) is 0 Å². The first-order chi connectivity index (χ1) is 8.04. The third-order valence-electron chi connectivity index (χ3n) is 2.41. The molecule has 0 aliphatic rings. The van der Waals surface area contributed by atoms with E-state index in [1.807, 2.05) is 4.90 Å². The fourth-order valence-corrected chi connectivity index (χ4v) is 1.75. The van der Waals surface area contributed by atoms with Crippen molar-refractivity contribution in [3.63, 3.8) is 0 Å². The molecular formula is C13H18FN3. The molecule has 0 unspecified atom stereocenters. The average Bonchev–Trinajstić information content (AvgIpc) is 2.24. The van der Waals surface area contributed by atoms with Crippen molar-refractivity contribution in [3.05, 3.63) is 24.0 Å². The van der Waals surface area contributed by atoms with Gasteiger partial charge in [0.05, 0.1) is 23.9 Å². The van der Waals surface area contributed by atoms with Crippen molar-refractivity contribution in [2.24, 2.45) is 5.92 Å². The molecule has 0 aliphatic carbocycles. The quantitative estimate of drug-likeness (QED) is 0.798. The SMILES string of the molecule is CC(C)CN(CCC#N)c1ccc(F)cc1N. The zero-order valence-corrected chi connectivity index (χ0v) is 10.3. The largest absolute Gasteiger partial charge is 0.397 e. The number of rotatable bonds is 5. The number of hydrogen-bond acceptors (Lipinski definition) is 3. The van der Waals surface area contributed by atoms with Gasteiger partial charge in [-0.2, -0.15) is 5.26 Å². The van der Waals surface area contributed by atoms with Crippen molar-refractivity contribution < 1.29 is 4.39 Å². The number of nitriles is 1. The molecule has 92 valence electrons. The molecule has 0 radical (unpaired) electrons. The van der Waals surface area contributed by atoms with Gasteiger partial charge in [0.15, 0.2) is 0 Å². The van der Waals surface area contributed by atoms with Gasteiger partial charge in [-0.3, -0.25) is 0 Å². The maximum Gasteiger partial charge on any atom is 0.125 e. The van der Waals surface area contributed by atoms with E-state index < -0.39 is 0 Å². The summed E-state index contributed by atoms with van der Waals surface area (Å²) in [4.78, 5) is 2.03. The molecular weight excluding hydrogens is 217 g/mol. The maximum absolute atomic E-state index is 13.0. The Kier molecular flexibility index (Phi) is 4.77. The lowest BCUT2D eigenvalue weighted by Gasteiger charge is -2.27. The second-order valence-electron chi connectivity index (χ2n) is 4.45. The zero-order valence-electron chi connectivity index (χ0n) is 10.3. The van der Waals surface area contributed by atoms with E-state index in [-0.39, 0.29) is 5.82 Å². The first-order valence-electron chi connectivity index (χ1n) is 5.71. The molecule has 3 nitrogen and oxygen atoms in total. The second-order valence-corrected chi connectivity index (χ2v) is 4.45. The van der Waals surface area contributed by atoms with Gasteiger partial charge in [0.2, 0.25) is 0 Å². The summed E-state index contributed by atoms with van der Waals surface area (Å²) in [5, 5.41) is 8.64. The lowest BCUT2D eigenvalue weighted by Crippen LogP contribution is -2.29. The number of nitrogens with zero attached hydrogens (tertiary/aromatic N) is 2. The van der Waals surface area contributed by atoms with E-state index in [1.54, 1.807) is 6.07 Å². The molecule has 4 heteroatoms. The summed E-state index contributed by atoms with van der Waals surface area (Å²) in [5.41, 5.74) is 7.03. The summed E-state index contributed by atoms with van der Waals surface area (Å²) in [5.74, 6) is 0.120. The van der Waals surface area contributed by atoms with Crippen LogP contribution in [0.15, 0.2) is 18.2 Å². The minimum Gasteiger partial charge on any atom is -0.397 e. The topological polar surface area (TPSA) is 53.0 Å². The first-order valence-corrected chi connectivity index (χ1v) is 5.71. The molecule has 0 fully saturated rings. The van der Waals surface area contributed by atoms with E-state index in [9.17, 15) is 4.39 Å². The van der Waals surface area contributed by atoms with E-state index in [0.717, 1.165) is 12.2 Å².